The lowest BCUT2D eigenvalue weighted by molar-refractivity contribution is 0.111. The number of nitrogens with zero attached hydrogens (tertiary/aromatic N) is 4. The van der Waals surface area contributed by atoms with Crippen molar-refractivity contribution in [2.24, 2.45) is 11.8 Å². The Balaban J connectivity index is 1.85. The Morgan fingerprint density at radius 3 is 2.52 bits per heavy atom. The molecule has 1 aliphatic rings. The van der Waals surface area contributed by atoms with E-state index >= 15 is 0 Å². The summed E-state index contributed by atoms with van der Waals surface area (Å²) in [6.45, 7) is 7.79. The predicted octanol–water partition coefficient (Wildman–Crippen LogP) is 4.15. The number of benzene rings is 1. The molecule has 3 atom stereocenters. The van der Waals surface area contributed by atoms with E-state index in [1.807, 2.05) is 0 Å². The number of aryl methyl sites for hydroxylation is 1. The first-order chi connectivity index (χ1) is 12.8. The standard InChI is InChI=1S/C19H22F2N4OS/c1-10-6-11(2)9-24(8-10)16(13-4-5-14(20)15(21)7-13)17-18(26)25-19(27-17)22-12(3)23-25/h4-5,7,10-11,16,26H,6,8-9H2,1-3H3. The van der Waals surface area contributed by atoms with Crippen molar-refractivity contribution in [1.82, 2.24) is 19.5 Å². The molecule has 0 bridgehead atoms. The summed E-state index contributed by atoms with van der Waals surface area (Å²) in [6, 6.07) is 3.59. The zero-order chi connectivity index (χ0) is 19.3. The summed E-state index contributed by atoms with van der Waals surface area (Å²) in [4.78, 5) is 7.81. The SMILES string of the molecule is Cc1nc2sc(C(c3ccc(F)c(F)c3)N3CC(C)CC(C)C3)c(O)n2n1. The van der Waals surface area contributed by atoms with Gasteiger partial charge in [-0.25, -0.2) is 13.8 Å². The van der Waals surface area contributed by atoms with Gasteiger partial charge < -0.3 is 5.11 Å². The highest BCUT2D eigenvalue weighted by Gasteiger charge is 2.34. The van der Waals surface area contributed by atoms with Gasteiger partial charge in [-0.05, 0) is 42.9 Å². The zero-order valence-corrected chi connectivity index (χ0v) is 16.3. The first kappa shape index (κ1) is 18.3. The van der Waals surface area contributed by atoms with E-state index in [2.05, 4.69) is 28.8 Å². The van der Waals surface area contributed by atoms with Crippen LogP contribution in [0.3, 0.4) is 0 Å². The molecule has 1 aliphatic heterocycles. The van der Waals surface area contributed by atoms with Gasteiger partial charge in [0.05, 0.1) is 10.9 Å². The molecule has 8 heteroatoms. The Morgan fingerprint density at radius 1 is 1.19 bits per heavy atom. The Hall–Kier alpha value is -2.06. The maximum absolute atomic E-state index is 14.0. The van der Waals surface area contributed by atoms with Gasteiger partial charge in [0.2, 0.25) is 10.8 Å². The Morgan fingerprint density at radius 2 is 1.89 bits per heavy atom. The molecule has 3 heterocycles. The summed E-state index contributed by atoms with van der Waals surface area (Å²) in [5, 5.41) is 15.0. The molecule has 1 fully saturated rings. The summed E-state index contributed by atoms with van der Waals surface area (Å²) >= 11 is 1.34. The molecule has 0 amide bonds. The number of piperidine rings is 1. The largest absolute Gasteiger partial charge is 0.492 e. The maximum Gasteiger partial charge on any atom is 0.230 e. The molecule has 0 spiro atoms. The third-order valence-corrected chi connectivity index (χ3v) is 6.15. The van der Waals surface area contributed by atoms with Crippen molar-refractivity contribution < 1.29 is 13.9 Å². The highest BCUT2D eigenvalue weighted by Crippen LogP contribution is 2.42. The van der Waals surface area contributed by atoms with Crippen LogP contribution in [0.2, 0.25) is 0 Å². The Bertz CT molecular complexity index is 976. The average molecular weight is 392 g/mol. The van der Waals surface area contributed by atoms with E-state index in [1.54, 1.807) is 13.0 Å². The van der Waals surface area contributed by atoms with E-state index in [1.165, 1.54) is 21.9 Å². The molecular formula is C19H22F2N4OS. The maximum atomic E-state index is 14.0. The van der Waals surface area contributed by atoms with E-state index in [0.717, 1.165) is 25.6 Å². The number of aromatic hydroxyl groups is 1. The molecule has 1 aromatic carbocycles. The summed E-state index contributed by atoms with van der Waals surface area (Å²) in [7, 11) is 0. The minimum atomic E-state index is -0.884. The van der Waals surface area contributed by atoms with Gasteiger partial charge in [0.15, 0.2) is 11.6 Å². The number of hydrogen-bond donors (Lipinski definition) is 1. The van der Waals surface area contributed by atoms with E-state index in [9.17, 15) is 13.9 Å². The topological polar surface area (TPSA) is 53.7 Å². The van der Waals surface area contributed by atoms with Gasteiger partial charge in [-0.1, -0.05) is 31.3 Å². The minimum absolute atomic E-state index is 0.0104. The fourth-order valence-corrected chi connectivity index (χ4v) is 5.32. The molecule has 27 heavy (non-hydrogen) atoms. The summed E-state index contributed by atoms with van der Waals surface area (Å²) in [5.74, 6) is -0.212. The molecule has 4 rings (SSSR count). The second-order valence-corrected chi connectivity index (χ2v) is 8.63. The van der Waals surface area contributed by atoms with Crippen molar-refractivity contribution in [2.45, 2.75) is 33.2 Å². The van der Waals surface area contributed by atoms with Crippen molar-refractivity contribution >= 4 is 16.3 Å². The molecule has 1 N–H and O–H groups in total. The van der Waals surface area contributed by atoms with Crippen molar-refractivity contribution in [3.63, 3.8) is 0 Å². The minimum Gasteiger partial charge on any atom is -0.492 e. The fraction of sp³-hybridized carbons (Fsp3) is 0.474. The van der Waals surface area contributed by atoms with Gasteiger partial charge in [0.25, 0.3) is 0 Å². The first-order valence-corrected chi connectivity index (χ1v) is 9.89. The molecule has 5 nitrogen and oxygen atoms in total. The molecule has 0 radical (unpaired) electrons. The molecule has 0 saturated carbocycles. The van der Waals surface area contributed by atoms with E-state index in [-0.39, 0.29) is 11.9 Å². The van der Waals surface area contributed by atoms with Crippen LogP contribution in [0.25, 0.3) is 4.96 Å². The van der Waals surface area contributed by atoms with Crippen LogP contribution in [0.15, 0.2) is 18.2 Å². The fourth-order valence-electron chi connectivity index (χ4n) is 4.16. The second kappa shape index (κ2) is 6.83. The number of hydrogen-bond acceptors (Lipinski definition) is 5. The smallest absolute Gasteiger partial charge is 0.230 e. The number of rotatable bonds is 3. The lowest BCUT2D eigenvalue weighted by atomic mass is 9.89. The summed E-state index contributed by atoms with van der Waals surface area (Å²) in [6.07, 6.45) is 1.13. The molecule has 3 unspecified atom stereocenters. The monoisotopic (exact) mass is 392 g/mol. The zero-order valence-electron chi connectivity index (χ0n) is 15.5. The number of thiazole rings is 1. The van der Waals surface area contributed by atoms with Crippen molar-refractivity contribution in [1.29, 1.82) is 0 Å². The van der Waals surface area contributed by atoms with E-state index < -0.39 is 11.6 Å². The van der Waals surface area contributed by atoms with Crippen molar-refractivity contribution in [3.05, 3.63) is 46.1 Å². The summed E-state index contributed by atoms with van der Waals surface area (Å²) < 4.78 is 28.9. The highest BCUT2D eigenvalue weighted by molar-refractivity contribution is 7.17. The molecule has 2 aromatic heterocycles. The second-order valence-electron chi connectivity index (χ2n) is 7.62. The van der Waals surface area contributed by atoms with Gasteiger partial charge in [0.1, 0.15) is 5.82 Å². The normalized spacial score (nSPS) is 22.4. The molecule has 144 valence electrons. The van der Waals surface area contributed by atoms with E-state index in [4.69, 9.17) is 0 Å². The first-order valence-electron chi connectivity index (χ1n) is 9.07. The number of fused-ring (bicyclic) bond motifs is 1. The third kappa shape index (κ3) is 3.32. The highest BCUT2D eigenvalue weighted by atomic mass is 32.1. The third-order valence-electron chi connectivity index (χ3n) is 5.08. The van der Waals surface area contributed by atoms with Crippen LogP contribution in [-0.4, -0.2) is 37.7 Å². The van der Waals surface area contributed by atoms with Gasteiger partial charge in [-0.3, -0.25) is 4.90 Å². The van der Waals surface area contributed by atoms with Crippen LogP contribution in [0.5, 0.6) is 5.88 Å². The Labute approximate surface area is 160 Å². The number of aromatic nitrogens is 3. The number of halogens is 2. The van der Waals surface area contributed by atoms with Crippen LogP contribution in [0.4, 0.5) is 8.78 Å². The van der Waals surface area contributed by atoms with Crippen LogP contribution >= 0.6 is 11.3 Å². The van der Waals surface area contributed by atoms with Gasteiger partial charge >= 0.3 is 0 Å². The van der Waals surface area contributed by atoms with Crippen molar-refractivity contribution in [2.75, 3.05) is 13.1 Å². The van der Waals surface area contributed by atoms with Gasteiger partial charge in [-0.15, -0.1) is 5.10 Å². The Kier molecular flexibility index (Phi) is 4.63. The molecular weight excluding hydrogens is 370 g/mol. The van der Waals surface area contributed by atoms with Crippen LogP contribution in [-0.2, 0) is 0 Å². The number of likely N-dealkylation sites (tertiary alicyclic amines) is 1. The lowest BCUT2D eigenvalue weighted by Crippen LogP contribution is -2.41. The van der Waals surface area contributed by atoms with E-state index in [0.29, 0.717) is 33.1 Å². The summed E-state index contributed by atoms with van der Waals surface area (Å²) in [5.41, 5.74) is 0.617. The van der Waals surface area contributed by atoms with Crippen LogP contribution < -0.4 is 0 Å². The molecule has 3 aromatic rings. The lowest BCUT2D eigenvalue weighted by Gasteiger charge is -2.40. The quantitative estimate of drug-likeness (QED) is 0.728. The molecule has 0 aliphatic carbocycles. The van der Waals surface area contributed by atoms with Gasteiger partial charge in [-0.2, -0.15) is 4.52 Å². The van der Waals surface area contributed by atoms with Crippen LogP contribution in [0, 0.1) is 30.4 Å². The van der Waals surface area contributed by atoms with Crippen LogP contribution in [0.1, 0.15) is 42.6 Å². The average Bonchev–Trinajstić information content (AvgIpc) is 3.08. The van der Waals surface area contributed by atoms with Crippen molar-refractivity contribution in [3.8, 4) is 5.88 Å². The van der Waals surface area contributed by atoms with Gasteiger partial charge in [0, 0.05) is 13.1 Å². The predicted molar refractivity (Wildman–Crippen MR) is 100.0 cm³/mol. The molecule has 1 saturated heterocycles.